The fourth-order valence-corrected chi connectivity index (χ4v) is 2.66. The highest BCUT2D eigenvalue weighted by Gasteiger charge is 2.19. The Labute approximate surface area is 133 Å². The summed E-state index contributed by atoms with van der Waals surface area (Å²) in [6.07, 6.45) is 3.22. The lowest BCUT2D eigenvalue weighted by Gasteiger charge is -2.27. The van der Waals surface area contributed by atoms with Crippen LogP contribution in [-0.4, -0.2) is 42.1 Å². The number of benzene rings is 1. The average molecular weight is 304 g/mol. The van der Waals surface area contributed by atoms with E-state index in [-0.39, 0.29) is 5.91 Å². The lowest BCUT2D eigenvalue weighted by atomic mass is 9.85. The van der Waals surface area contributed by atoms with Crippen molar-refractivity contribution >= 4 is 5.91 Å². The van der Waals surface area contributed by atoms with Crippen molar-refractivity contribution in [1.29, 1.82) is 0 Å². The van der Waals surface area contributed by atoms with Gasteiger partial charge in [0.25, 0.3) is 0 Å². The summed E-state index contributed by atoms with van der Waals surface area (Å²) >= 11 is 0. The first kappa shape index (κ1) is 17.0. The molecule has 4 heteroatoms. The summed E-state index contributed by atoms with van der Waals surface area (Å²) in [7, 11) is 0. The minimum absolute atomic E-state index is 0.0601. The summed E-state index contributed by atoms with van der Waals surface area (Å²) in [5, 5.41) is 13.3. The SMILES string of the molecule is CCN(CC(=O)NCC1CCC1)CC(O)c1ccc(C)cc1. The van der Waals surface area contributed by atoms with Crippen LogP contribution in [0.2, 0.25) is 0 Å². The van der Waals surface area contributed by atoms with Crippen molar-refractivity contribution in [3.05, 3.63) is 35.4 Å². The van der Waals surface area contributed by atoms with Gasteiger partial charge in [0, 0.05) is 13.1 Å². The molecule has 1 aliphatic carbocycles. The quantitative estimate of drug-likeness (QED) is 0.774. The van der Waals surface area contributed by atoms with Gasteiger partial charge in [-0.05, 0) is 37.8 Å². The maximum atomic E-state index is 12.0. The standard InChI is InChI=1S/C18H28N2O2/c1-3-20(13-18(22)19-11-15-5-4-6-15)12-17(21)16-9-7-14(2)8-10-16/h7-10,15,17,21H,3-6,11-13H2,1-2H3,(H,19,22). The van der Waals surface area contributed by atoms with E-state index < -0.39 is 6.10 Å². The zero-order valence-corrected chi connectivity index (χ0v) is 13.7. The Morgan fingerprint density at radius 1 is 1.36 bits per heavy atom. The third-order valence-corrected chi connectivity index (χ3v) is 4.52. The smallest absolute Gasteiger partial charge is 0.234 e. The number of aliphatic hydroxyl groups is 1. The summed E-state index contributed by atoms with van der Waals surface area (Å²) in [6, 6.07) is 7.90. The Morgan fingerprint density at radius 2 is 2.05 bits per heavy atom. The summed E-state index contributed by atoms with van der Waals surface area (Å²) in [4.78, 5) is 14.0. The Hall–Kier alpha value is -1.39. The minimum Gasteiger partial charge on any atom is -0.387 e. The van der Waals surface area contributed by atoms with E-state index in [0.29, 0.717) is 19.0 Å². The van der Waals surface area contributed by atoms with E-state index in [9.17, 15) is 9.90 Å². The molecule has 0 aliphatic heterocycles. The molecule has 1 saturated carbocycles. The van der Waals surface area contributed by atoms with Crippen LogP contribution in [0.4, 0.5) is 0 Å². The lowest BCUT2D eigenvalue weighted by molar-refractivity contribution is -0.122. The van der Waals surface area contributed by atoms with Gasteiger partial charge in [-0.1, -0.05) is 43.2 Å². The summed E-state index contributed by atoms with van der Waals surface area (Å²) in [5.41, 5.74) is 2.08. The molecule has 0 heterocycles. The number of hydrogen-bond donors (Lipinski definition) is 2. The van der Waals surface area contributed by atoms with Gasteiger partial charge in [0.1, 0.15) is 0 Å². The van der Waals surface area contributed by atoms with Crippen molar-refractivity contribution in [3.63, 3.8) is 0 Å². The van der Waals surface area contributed by atoms with Gasteiger partial charge in [-0.2, -0.15) is 0 Å². The second-order valence-electron chi connectivity index (χ2n) is 6.36. The number of amides is 1. The molecular weight excluding hydrogens is 276 g/mol. The topological polar surface area (TPSA) is 52.6 Å². The highest BCUT2D eigenvalue weighted by Crippen LogP contribution is 2.25. The van der Waals surface area contributed by atoms with E-state index in [1.165, 1.54) is 24.8 Å². The number of nitrogens with zero attached hydrogens (tertiary/aromatic N) is 1. The van der Waals surface area contributed by atoms with Gasteiger partial charge in [0.15, 0.2) is 0 Å². The van der Waals surface area contributed by atoms with Crippen molar-refractivity contribution in [2.75, 3.05) is 26.2 Å². The first-order valence-corrected chi connectivity index (χ1v) is 8.32. The van der Waals surface area contributed by atoms with Gasteiger partial charge >= 0.3 is 0 Å². The first-order valence-electron chi connectivity index (χ1n) is 8.32. The van der Waals surface area contributed by atoms with Crippen LogP contribution in [0.25, 0.3) is 0 Å². The van der Waals surface area contributed by atoms with Crippen molar-refractivity contribution in [2.24, 2.45) is 5.92 Å². The Balaban J connectivity index is 1.77. The molecular formula is C18H28N2O2. The van der Waals surface area contributed by atoms with Crippen molar-refractivity contribution < 1.29 is 9.90 Å². The number of carbonyl (C=O) groups is 1. The number of carbonyl (C=O) groups excluding carboxylic acids is 1. The van der Waals surface area contributed by atoms with Gasteiger partial charge in [-0.15, -0.1) is 0 Å². The van der Waals surface area contributed by atoms with E-state index in [0.717, 1.165) is 18.7 Å². The van der Waals surface area contributed by atoms with E-state index in [4.69, 9.17) is 0 Å². The van der Waals surface area contributed by atoms with Crippen LogP contribution in [0.15, 0.2) is 24.3 Å². The third-order valence-electron chi connectivity index (χ3n) is 4.52. The van der Waals surface area contributed by atoms with Crippen LogP contribution in [0.3, 0.4) is 0 Å². The fraction of sp³-hybridized carbons (Fsp3) is 0.611. The molecule has 1 aromatic rings. The molecule has 0 saturated heterocycles. The zero-order valence-electron chi connectivity index (χ0n) is 13.7. The van der Waals surface area contributed by atoms with Crippen molar-refractivity contribution in [1.82, 2.24) is 10.2 Å². The summed E-state index contributed by atoms with van der Waals surface area (Å²) in [5.74, 6) is 0.738. The molecule has 122 valence electrons. The van der Waals surface area contributed by atoms with Gasteiger partial charge in [-0.25, -0.2) is 0 Å². The molecule has 1 unspecified atom stereocenters. The monoisotopic (exact) mass is 304 g/mol. The first-order chi connectivity index (χ1) is 10.6. The zero-order chi connectivity index (χ0) is 15.9. The predicted octanol–water partition coefficient (Wildman–Crippen LogP) is 2.27. The van der Waals surface area contributed by atoms with Crippen molar-refractivity contribution in [3.8, 4) is 0 Å². The molecule has 0 bridgehead atoms. The number of aryl methyl sites for hydroxylation is 1. The van der Waals surface area contributed by atoms with Crippen LogP contribution in [-0.2, 0) is 4.79 Å². The molecule has 0 spiro atoms. The van der Waals surface area contributed by atoms with Crippen LogP contribution in [0.1, 0.15) is 43.4 Å². The fourth-order valence-electron chi connectivity index (χ4n) is 2.66. The second kappa shape index (κ2) is 8.30. The van der Waals surface area contributed by atoms with Gasteiger partial charge in [-0.3, -0.25) is 9.69 Å². The third kappa shape index (κ3) is 5.11. The highest BCUT2D eigenvalue weighted by molar-refractivity contribution is 5.78. The molecule has 1 aromatic carbocycles. The normalized spacial score (nSPS) is 16.4. The molecule has 1 amide bonds. The van der Waals surface area contributed by atoms with Gasteiger partial charge in [0.05, 0.1) is 12.6 Å². The van der Waals surface area contributed by atoms with Gasteiger partial charge < -0.3 is 10.4 Å². The molecule has 0 aromatic heterocycles. The number of aliphatic hydroxyl groups excluding tert-OH is 1. The minimum atomic E-state index is -0.556. The van der Waals surface area contributed by atoms with Gasteiger partial charge in [0.2, 0.25) is 5.91 Å². The largest absolute Gasteiger partial charge is 0.387 e. The number of nitrogens with one attached hydrogen (secondary N) is 1. The van der Waals surface area contributed by atoms with E-state index >= 15 is 0 Å². The van der Waals surface area contributed by atoms with Crippen LogP contribution in [0, 0.1) is 12.8 Å². The Bertz CT molecular complexity index is 468. The van der Waals surface area contributed by atoms with Crippen molar-refractivity contribution in [2.45, 2.75) is 39.2 Å². The van der Waals surface area contributed by atoms with E-state index in [2.05, 4.69) is 5.32 Å². The second-order valence-corrected chi connectivity index (χ2v) is 6.36. The Kier molecular flexibility index (Phi) is 6.40. The summed E-state index contributed by atoms with van der Waals surface area (Å²) in [6.45, 7) is 6.43. The molecule has 2 rings (SSSR count). The van der Waals surface area contributed by atoms with E-state index in [1.807, 2.05) is 43.0 Å². The molecule has 0 radical (unpaired) electrons. The molecule has 2 N–H and O–H groups in total. The molecule has 22 heavy (non-hydrogen) atoms. The summed E-state index contributed by atoms with van der Waals surface area (Å²) < 4.78 is 0. The molecule has 1 atom stereocenters. The number of rotatable bonds is 8. The molecule has 1 fully saturated rings. The number of hydrogen-bond acceptors (Lipinski definition) is 3. The van der Waals surface area contributed by atoms with E-state index in [1.54, 1.807) is 0 Å². The highest BCUT2D eigenvalue weighted by atomic mass is 16.3. The lowest BCUT2D eigenvalue weighted by Crippen LogP contribution is -2.41. The number of likely N-dealkylation sites (N-methyl/N-ethyl adjacent to an activating group) is 1. The molecule has 1 aliphatic rings. The maximum Gasteiger partial charge on any atom is 0.234 e. The van der Waals surface area contributed by atoms with Crippen LogP contribution >= 0.6 is 0 Å². The molecule has 4 nitrogen and oxygen atoms in total. The Morgan fingerprint density at radius 3 is 2.59 bits per heavy atom. The van der Waals surface area contributed by atoms with Crippen LogP contribution < -0.4 is 5.32 Å². The maximum absolute atomic E-state index is 12.0. The average Bonchev–Trinajstić information content (AvgIpc) is 2.45. The van der Waals surface area contributed by atoms with Crippen LogP contribution in [0.5, 0.6) is 0 Å². The predicted molar refractivity (Wildman–Crippen MR) is 88.6 cm³/mol.